The summed E-state index contributed by atoms with van der Waals surface area (Å²) in [7, 11) is -2.55. The van der Waals surface area contributed by atoms with E-state index >= 15 is 0 Å². The van der Waals surface area contributed by atoms with Crippen molar-refractivity contribution < 1.29 is 8.63 Å². The molecule has 3 rings (SSSR count). The lowest BCUT2D eigenvalue weighted by molar-refractivity contribution is 0.631. The molecule has 2 heterocycles. The molecule has 0 amide bonds. The molecule has 2 aromatic heterocycles. The number of benzene rings is 1. The molecule has 18 heavy (non-hydrogen) atoms. The summed E-state index contributed by atoms with van der Waals surface area (Å²) in [5.41, 5.74) is 1.78. The van der Waals surface area contributed by atoms with Gasteiger partial charge < -0.3 is 4.48 Å². The van der Waals surface area contributed by atoms with Crippen LogP contribution in [0.2, 0.25) is 0 Å². The molecule has 88 valence electrons. The first-order chi connectivity index (χ1) is 8.75. The highest BCUT2D eigenvalue weighted by Gasteiger charge is 2.20. The predicted molar refractivity (Wildman–Crippen MR) is 68.5 cm³/mol. The van der Waals surface area contributed by atoms with Crippen LogP contribution < -0.4 is 0 Å². The van der Waals surface area contributed by atoms with Gasteiger partial charge in [0, 0.05) is 5.39 Å². The highest BCUT2D eigenvalue weighted by Crippen LogP contribution is 2.22. The van der Waals surface area contributed by atoms with Crippen LogP contribution in [0.4, 0.5) is 8.63 Å². The second kappa shape index (κ2) is 4.25. The van der Waals surface area contributed by atoms with E-state index in [1.54, 1.807) is 18.2 Å². The molecule has 0 fully saturated rings. The molecule has 0 N–H and O–H groups in total. The van der Waals surface area contributed by atoms with Crippen molar-refractivity contribution >= 4 is 18.3 Å². The van der Waals surface area contributed by atoms with Gasteiger partial charge in [-0.25, -0.2) is 4.98 Å². The van der Waals surface area contributed by atoms with Gasteiger partial charge in [-0.3, -0.25) is 8.63 Å². The quantitative estimate of drug-likeness (QED) is 0.629. The number of halogens is 2. The van der Waals surface area contributed by atoms with Gasteiger partial charge in [-0.2, -0.15) is 0 Å². The molecule has 0 aliphatic rings. The number of rotatable bonds is 2. The van der Waals surface area contributed by atoms with Crippen LogP contribution in [0.15, 0.2) is 54.7 Å². The highest BCUT2D eigenvalue weighted by molar-refractivity contribution is 6.41. The topological polar surface area (TPSA) is 17.8 Å². The molecule has 0 spiro atoms. The van der Waals surface area contributed by atoms with E-state index in [1.165, 1.54) is 6.20 Å². The number of hydrogen-bond donors (Lipinski definition) is 0. The van der Waals surface area contributed by atoms with Gasteiger partial charge in [0.2, 0.25) is 0 Å². The largest absolute Gasteiger partial charge is 0.677 e. The maximum absolute atomic E-state index is 12.8. The Labute approximate surface area is 103 Å². The van der Waals surface area contributed by atoms with Gasteiger partial charge in [0.05, 0.1) is 16.9 Å². The normalized spacial score (nSPS) is 10.8. The summed E-state index contributed by atoms with van der Waals surface area (Å²) >= 11 is 0. The monoisotopic (exact) mass is 242 g/mol. The van der Waals surface area contributed by atoms with Gasteiger partial charge in [0.25, 0.3) is 0 Å². The van der Waals surface area contributed by atoms with Crippen LogP contribution in [0.1, 0.15) is 0 Å². The van der Waals surface area contributed by atoms with E-state index in [0.717, 1.165) is 15.4 Å². The summed E-state index contributed by atoms with van der Waals surface area (Å²) in [6, 6.07) is 14.5. The predicted octanol–water partition coefficient (Wildman–Crippen LogP) is 3.48. The average molecular weight is 242 g/mol. The SMILES string of the molecule is FB(F)n1cccc1-c1ccc2ccccc2n1. The van der Waals surface area contributed by atoms with Gasteiger partial charge in [0.15, 0.2) is 0 Å². The summed E-state index contributed by atoms with van der Waals surface area (Å²) in [6.45, 7) is 0. The Bertz CT molecular complexity index is 694. The van der Waals surface area contributed by atoms with Crippen molar-refractivity contribution in [2.45, 2.75) is 0 Å². The molecule has 5 heteroatoms. The van der Waals surface area contributed by atoms with Crippen molar-refractivity contribution in [3.8, 4) is 11.4 Å². The fraction of sp³-hybridized carbons (Fsp3) is 0. The Morgan fingerprint density at radius 3 is 2.61 bits per heavy atom. The van der Waals surface area contributed by atoms with Crippen LogP contribution in [0.3, 0.4) is 0 Å². The van der Waals surface area contributed by atoms with Crippen molar-refractivity contribution in [2.75, 3.05) is 0 Å². The van der Waals surface area contributed by atoms with E-state index in [4.69, 9.17) is 0 Å². The zero-order valence-corrected chi connectivity index (χ0v) is 9.42. The summed E-state index contributed by atoms with van der Waals surface area (Å²) in [5.74, 6) is 0. The zero-order chi connectivity index (χ0) is 12.5. The zero-order valence-electron chi connectivity index (χ0n) is 9.42. The molecule has 3 aromatic rings. The van der Waals surface area contributed by atoms with Crippen LogP contribution in [0, 0.1) is 0 Å². The van der Waals surface area contributed by atoms with E-state index in [-0.39, 0.29) is 0 Å². The summed E-state index contributed by atoms with van der Waals surface area (Å²) in [6.07, 6.45) is 1.36. The molecular formula is C13H9BF2N2. The number of aromatic nitrogens is 2. The van der Waals surface area contributed by atoms with Crippen LogP contribution in [0.25, 0.3) is 22.3 Å². The van der Waals surface area contributed by atoms with Crippen LogP contribution in [0.5, 0.6) is 0 Å². The van der Waals surface area contributed by atoms with Gasteiger partial charge in [-0.1, -0.05) is 24.3 Å². The van der Waals surface area contributed by atoms with E-state index < -0.39 is 7.40 Å². The third-order valence-electron chi connectivity index (χ3n) is 2.85. The fourth-order valence-corrected chi connectivity index (χ4v) is 1.99. The van der Waals surface area contributed by atoms with E-state index in [0.29, 0.717) is 11.4 Å². The highest BCUT2D eigenvalue weighted by atomic mass is 19.2. The maximum atomic E-state index is 12.8. The molecule has 2 nitrogen and oxygen atoms in total. The molecule has 0 aliphatic carbocycles. The summed E-state index contributed by atoms with van der Waals surface area (Å²) in [5, 5.41) is 0.997. The minimum atomic E-state index is -2.55. The second-order valence-corrected chi connectivity index (χ2v) is 3.97. The Morgan fingerprint density at radius 1 is 0.944 bits per heavy atom. The minimum Gasteiger partial charge on any atom is -0.330 e. The van der Waals surface area contributed by atoms with Crippen molar-refractivity contribution in [1.82, 2.24) is 9.46 Å². The van der Waals surface area contributed by atoms with Crippen molar-refractivity contribution in [2.24, 2.45) is 0 Å². The second-order valence-electron chi connectivity index (χ2n) is 3.97. The molecule has 0 saturated carbocycles. The molecule has 0 bridgehead atoms. The molecule has 0 atom stereocenters. The van der Waals surface area contributed by atoms with Crippen molar-refractivity contribution in [1.29, 1.82) is 0 Å². The van der Waals surface area contributed by atoms with Crippen molar-refractivity contribution in [3.05, 3.63) is 54.7 Å². The Hall–Kier alpha value is -2.17. The lowest BCUT2D eigenvalue weighted by Crippen LogP contribution is -2.12. The molecular weight excluding hydrogens is 233 g/mol. The average Bonchev–Trinajstić information content (AvgIpc) is 2.87. The van der Waals surface area contributed by atoms with Gasteiger partial charge >= 0.3 is 7.40 Å². The lowest BCUT2D eigenvalue weighted by Gasteiger charge is -2.06. The molecule has 0 unspecified atom stereocenters. The van der Waals surface area contributed by atoms with Gasteiger partial charge in [0.1, 0.15) is 0 Å². The first-order valence-electron chi connectivity index (χ1n) is 5.57. The van der Waals surface area contributed by atoms with E-state index in [2.05, 4.69) is 4.98 Å². The van der Waals surface area contributed by atoms with E-state index in [9.17, 15) is 8.63 Å². The molecule has 0 saturated heterocycles. The first kappa shape index (κ1) is 11.0. The third kappa shape index (κ3) is 1.77. The lowest BCUT2D eigenvalue weighted by atomic mass is 10.1. The molecule has 0 aliphatic heterocycles. The van der Waals surface area contributed by atoms with Crippen molar-refractivity contribution in [3.63, 3.8) is 0 Å². The Morgan fingerprint density at radius 2 is 1.78 bits per heavy atom. The Kier molecular flexibility index (Phi) is 2.59. The number of hydrogen-bond acceptors (Lipinski definition) is 1. The summed E-state index contributed by atoms with van der Waals surface area (Å²) < 4.78 is 26.5. The number of fused-ring (bicyclic) bond motifs is 1. The van der Waals surface area contributed by atoms with Crippen LogP contribution >= 0.6 is 0 Å². The molecule has 0 radical (unpaired) electrons. The number of nitrogens with zero attached hydrogens (tertiary/aromatic N) is 2. The van der Waals surface area contributed by atoms with Gasteiger partial charge in [-0.15, -0.1) is 0 Å². The fourth-order valence-electron chi connectivity index (χ4n) is 1.99. The number of para-hydroxylation sites is 1. The first-order valence-corrected chi connectivity index (χ1v) is 5.57. The van der Waals surface area contributed by atoms with E-state index in [1.807, 2.05) is 30.3 Å². The number of pyridine rings is 1. The smallest absolute Gasteiger partial charge is 0.330 e. The Balaban J connectivity index is 2.16. The third-order valence-corrected chi connectivity index (χ3v) is 2.85. The maximum Gasteiger partial charge on any atom is 0.677 e. The summed E-state index contributed by atoms with van der Waals surface area (Å²) in [4.78, 5) is 4.41. The minimum absolute atomic E-state index is 0.427. The van der Waals surface area contributed by atoms with Crippen LogP contribution in [-0.2, 0) is 0 Å². The van der Waals surface area contributed by atoms with Gasteiger partial charge in [-0.05, 0) is 30.5 Å². The van der Waals surface area contributed by atoms with Crippen LogP contribution in [-0.4, -0.2) is 16.9 Å². The molecule has 1 aromatic carbocycles. The standard InChI is InChI=1S/C13H9BF2N2/c15-14(16)18-9-3-6-13(18)12-8-7-10-4-1-2-5-11(10)17-12/h1-9H.